The highest BCUT2D eigenvalue weighted by Gasteiger charge is 2.32. The highest BCUT2D eigenvalue weighted by atomic mass is 19.4. The molecule has 3 aromatic rings. The molecule has 0 bridgehead atoms. The van der Waals surface area contributed by atoms with Gasteiger partial charge in [0.25, 0.3) is 0 Å². The van der Waals surface area contributed by atoms with Crippen molar-refractivity contribution >= 4 is 5.78 Å². The number of methoxy groups -OCH3 is 2. The molecule has 1 heterocycles. The first-order valence-electron chi connectivity index (χ1n) is 8.72. The highest BCUT2D eigenvalue weighted by Crippen LogP contribution is 2.32. The van der Waals surface area contributed by atoms with Crippen LogP contribution in [-0.2, 0) is 19.1 Å². The van der Waals surface area contributed by atoms with Gasteiger partial charge in [-0.15, -0.1) is 0 Å². The summed E-state index contributed by atoms with van der Waals surface area (Å²) in [7, 11) is 2.98. The largest absolute Gasteiger partial charge is 0.493 e. The Kier molecular flexibility index (Phi) is 5.91. The fraction of sp³-hybridized carbons (Fsp3) is 0.238. The Bertz CT molecular complexity index is 1010. The van der Waals surface area contributed by atoms with Crippen molar-refractivity contribution in [3.05, 3.63) is 77.4 Å². The number of imidazole rings is 1. The molecule has 0 atom stereocenters. The Hall–Kier alpha value is -3.29. The minimum atomic E-state index is -4.43. The quantitative estimate of drug-likeness (QED) is 0.548. The van der Waals surface area contributed by atoms with Crippen molar-refractivity contribution in [2.24, 2.45) is 0 Å². The van der Waals surface area contributed by atoms with Crippen molar-refractivity contribution < 1.29 is 27.4 Å². The number of Topliss-reactive ketones (excluding diaryl/α,β-unsaturated/α-hetero) is 1. The second-order valence-corrected chi connectivity index (χ2v) is 6.36. The Labute approximate surface area is 165 Å². The third-order valence-corrected chi connectivity index (χ3v) is 4.41. The number of aromatic nitrogens is 2. The molecule has 5 nitrogen and oxygen atoms in total. The lowest BCUT2D eigenvalue weighted by Gasteiger charge is -2.12. The Morgan fingerprint density at radius 2 is 1.79 bits per heavy atom. The number of benzene rings is 2. The normalized spacial score (nSPS) is 11.3. The number of carbonyl (C=O) groups excluding carboxylic acids is 1. The van der Waals surface area contributed by atoms with Gasteiger partial charge in [0.05, 0.1) is 38.2 Å². The minimum Gasteiger partial charge on any atom is -0.493 e. The van der Waals surface area contributed by atoms with Crippen LogP contribution in [0.2, 0.25) is 0 Å². The predicted octanol–water partition coefficient (Wildman–Crippen LogP) is 4.39. The molecule has 0 aliphatic heterocycles. The molecular weight excluding hydrogens is 385 g/mol. The van der Waals surface area contributed by atoms with E-state index < -0.39 is 11.7 Å². The molecule has 2 aromatic carbocycles. The first-order chi connectivity index (χ1) is 13.8. The fourth-order valence-corrected chi connectivity index (χ4v) is 2.99. The molecule has 0 saturated heterocycles. The summed E-state index contributed by atoms with van der Waals surface area (Å²) < 4.78 is 51.3. The fourth-order valence-electron chi connectivity index (χ4n) is 2.99. The molecular formula is C21H19F3N2O3. The van der Waals surface area contributed by atoms with E-state index in [9.17, 15) is 18.0 Å². The monoisotopic (exact) mass is 404 g/mol. The maximum Gasteiger partial charge on any atom is 0.416 e. The molecule has 0 fully saturated rings. The van der Waals surface area contributed by atoms with Crippen LogP contribution in [0.3, 0.4) is 0 Å². The topological polar surface area (TPSA) is 53.4 Å². The lowest BCUT2D eigenvalue weighted by atomic mass is 10.1. The summed E-state index contributed by atoms with van der Waals surface area (Å²) in [6.07, 6.45) is -1.41. The van der Waals surface area contributed by atoms with Gasteiger partial charge in [-0.05, 0) is 29.8 Å². The number of ether oxygens (including phenoxy) is 2. The zero-order valence-corrected chi connectivity index (χ0v) is 15.9. The summed E-state index contributed by atoms with van der Waals surface area (Å²) in [5, 5.41) is 0. The molecule has 29 heavy (non-hydrogen) atoms. The van der Waals surface area contributed by atoms with Gasteiger partial charge < -0.3 is 14.0 Å². The Balaban J connectivity index is 1.74. The Morgan fingerprint density at radius 1 is 1.07 bits per heavy atom. The second kappa shape index (κ2) is 8.38. The molecule has 0 amide bonds. The zero-order chi connectivity index (χ0) is 21.0. The Morgan fingerprint density at radius 3 is 2.48 bits per heavy atom. The third kappa shape index (κ3) is 4.77. The number of halogens is 3. The van der Waals surface area contributed by atoms with Gasteiger partial charge in [0.1, 0.15) is 0 Å². The average Bonchev–Trinajstić information content (AvgIpc) is 3.13. The number of hydrogen-bond acceptors (Lipinski definition) is 4. The third-order valence-electron chi connectivity index (χ3n) is 4.41. The standard InChI is InChI=1S/C21H19F3N2O3/c1-28-19-8-7-14(9-20(19)29-2)18(27)10-16-12-26(13-25-16)11-15-5-3-4-6-17(15)21(22,23)24/h3-9,12-13H,10-11H2,1-2H3. The van der Waals surface area contributed by atoms with Gasteiger partial charge in [0, 0.05) is 18.3 Å². The van der Waals surface area contributed by atoms with Crippen LogP contribution in [-0.4, -0.2) is 29.6 Å². The van der Waals surface area contributed by atoms with Crippen LogP contribution in [0.5, 0.6) is 11.5 Å². The van der Waals surface area contributed by atoms with E-state index in [1.807, 2.05) is 0 Å². The van der Waals surface area contributed by atoms with Crippen LogP contribution in [0, 0.1) is 0 Å². The van der Waals surface area contributed by atoms with Crippen LogP contribution >= 0.6 is 0 Å². The van der Waals surface area contributed by atoms with Gasteiger partial charge in [-0.1, -0.05) is 18.2 Å². The van der Waals surface area contributed by atoms with Gasteiger partial charge in [0.2, 0.25) is 0 Å². The summed E-state index contributed by atoms with van der Waals surface area (Å²) in [6, 6.07) is 10.2. The van der Waals surface area contributed by atoms with E-state index in [0.717, 1.165) is 6.07 Å². The van der Waals surface area contributed by atoms with Crippen molar-refractivity contribution in [3.63, 3.8) is 0 Å². The predicted molar refractivity (Wildman–Crippen MR) is 100 cm³/mol. The van der Waals surface area contributed by atoms with Crippen LogP contribution in [0.4, 0.5) is 13.2 Å². The van der Waals surface area contributed by atoms with E-state index in [2.05, 4.69) is 4.98 Å². The number of ketones is 1. The lowest BCUT2D eigenvalue weighted by Crippen LogP contribution is -2.11. The number of carbonyl (C=O) groups is 1. The first-order valence-corrected chi connectivity index (χ1v) is 8.72. The molecule has 0 unspecified atom stereocenters. The van der Waals surface area contributed by atoms with E-state index in [-0.39, 0.29) is 24.3 Å². The highest BCUT2D eigenvalue weighted by molar-refractivity contribution is 5.97. The van der Waals surface area contributed by atoms with Crippen LogP contribution in [0.25, 0.3) is 0 Å². The molecule has 0 spiro atoms. The van der Waals surface area contributed by atoms with E-state index in [0.29, 0.717) is 22.8 Å². The van der Waals surface area contributed by atoms with Crippen molar-refractivity contribution in [1.82, 2.24) is 9.55 Å². The molecule has 1 aromatic heterocycles. The van der Waals surface area contributed by atoms with E-state index in [4.69, 9.17) is 9.47 Å². The van der Waals surface area contributed by atoms with Crippen LogP contribution < -0.4 is 9.47 Å². The van der Waals surface area contributed by atoms with Gasteiger partial charge in [-0.25, -0.2) is 4.98 Å². The lowest BCUT2D eigenvalue weighted by molar-refractivity contribution is -0.138. The summed E-state index contributed by atoms with van der Waals surface area (Å²) in [5.74, 6) is 0.760. The van der Waals surface area contributed by atoms with Crippen LogP contribution in [0.15, 0.2) is 55.0 Å². The maximum absolute atomic E-state index is 13.1. The molecule has 0 aliphatic carbocycles. The first kappa shape index (κ1) is 20.4. The number of nitrogens with zero attached hydrogens (tertiary/aromatic N) is 2. The molecule has 0 N–H and O–H groups in total. The molecule has 0 saturated carbocycles. The number of hydrogen-bond donors (Lipinski definition) is 0. The van der Waals surface area contributed by atoms with E-state index >= 15 is 0 Å². The van der Waals surface area contributed by atoms with Gasteiger partial charge in [0.15, 0.2) is 17.3 Å². The molecule has 152 valence electrons. The summed E-state index contributed by atoms with van der Waals surface area (Å²) in [4.78, 5) is 16.7. The van der Waals surface area contributed by atoms with Crippen LogP contribution in [0.1, 0.15) is 27.2 Å². The van der Waals surface area contributed by atoms with E-state index in [1.54, 1.807) is 30.5 Å². The summed E-state index contributed by atoms with van der Waals surface area (Å²) in [5.41, 5.74) is 0.348. The van der Waals surface area contributed by atoms with Gasteiger partial charge in [-0.3, -0.25) is 4.79 Å². The molecule has 0 radical (unpaired) electrons. The molecule has 8 heteroatoms. The maximum atomic E-state index is 13.1. The SMILES string of the molecule is COc1ccc(C(=O)Cc2cn(Cc3ccccc3C(F)(F)F)cn2)cc1OC. The second-order valence-electron chi connectivity index (χ2n) is 6.36. The average molecular weight is 404 g/mol. The molecule has 3 rings (SSSR count). The number of rotatable bonds is 7. The minimum absolute atomic E-state index is 0.00718. The summed E-state index contributed by atoms with van der Waals surface area (Å²) in [6.45, 7) is 0.00718. The van der Waals surface area contributed by atoms with Gasteiger partial charge in [-0.2, -0.15) is 13.2 Å². The van der Waals surface area contributed by atoms with Gasteiger partial charge >= 0.3 is 6.18 Å². The van der Waals surface area contributed by atoms with Crippen molar-refractivity contribution in [2.45, 2.75) is 19.1 Å². The van der Waals surface area contributed by atoms with Crippen molar-refractivity contribution in [1.29, 1.82) is 0 Å². The zero-order valence-electron chi connectivity index (χ0n) is 15.9. The molecule has 0 aliphatic rings. The van der Waals surface area contributed by atoms with Crippen molar-refractivity contribution in [2.75, 3.05) is 14.2 Å². The smallest absolute Gasteiger partial charge is 0.416 e. The number of alkyl halides is 3. The summed E-state index contributed by atoms with van der Waals surface area (Å²) >= 11 is 0. The van der Waals surface area contributed by atoms with E-state index in [1.165, 1.54) is 37.2 Å². The van der Waals surface area contributed by atoms with Crippen molar-refractivity contribution in [3.8, 4) is 11.5 Å².